The van der Waals surface area contributed by atoms with Crippen molar-refractivity contribution >= 4 is 33.4 Å². The van der Waals surface area contributed by atoms with Gasteiger partial charge in [-0.2, -0.15) is 0 Å². The number of nitrogens with zero attached hydrogens (tertiary/aromatic N) is 2. The summed E-state index contributed by atoms with van der Waals surface area (Å²) < 4.78 is 5.85. The van der Waals surface area contributed by atoms with Gasteiger partial charge in [-0.1, -0.05) is 6.92 Å². The highest BCUT2D eigenvalue weighted by Gasteiger charge is 2.10. The molecule has 102 valence electrons. The number of rotatable bonds is 2. The van der Waals surface area contributed by atoms with Crippen LogP contribution in [0.15, 0.2) is 29.2 Å². The van der Waals surface area contributed by atoms with E-state index < -0.39 is 6.16 Å². The zero-order valence-corrected chi connectivity index (χ0v) is 11.3. The lowest BCUT2D eigenvalue weighted by Gasteiger charge is -2.03. The van der Waals surface area contributed by atoms with Crippen LogP contribution in [0.25, 0.3) is 15.9 Å². The van der Waals surface area contributed by atoms with E-state index >= 15 is 0 Å². The molecule has 3 aromatic heterocycles. The molecule has 0 aliphatic heterocycles. The van der Waals surface area contributed by atoms with Crippen LogP contribution in [-0.4, -0.2) is 20.6 Å². The van der Waals surface area contributed by atoms with Crippen LogP contribution in [0.3, 0.4) is 0 Å². The molecule has 0 fully saturated rings. The molecule has 3 heterocycles. The first-order chi connectivity index (χ1) is 9.58. The number of carbonyl (C=O) groups is 1. The Morgan fingerprint density at radius 3 is 3.00 bits per heavy atom. The molecule has 0 aliphatic carbocycles. The third-order valence-corrected chi connectivity index (χ3v) is 4.06. The van der Waals surface area contributed by atoms with Gasteiger partial charge in [0.2, 0.25) is 0 Å². The van der Waals surface area contributed by atoms with Gasteiger partial charge in [0.15, 0.2) is 5.75 Å². The highest BCUT2D eigenvalue weighted by Crippen LogP contribution is 2.23. The van der Waals surface area contributed by atoms with E-state index in [4.69, 9.17) is 5.11 Å². The second kappa shape index (κ2) is 4.61. The molecule has 0 aromatic carbocycles. The van der Waals surface area contributed by atoms with Crippen LogP contribution in [0.5, 0.6) is 5.75 Å². The van der Waals surface area contributed by atoms with Crippen LogP contribution < -0.4 is 10.3 Å². The Kier molecular flexibility index (Phi) is 2.90. The second-order valence-corrected chi connectivity index (χ2v) is 5.28. The smallest absolute Gasteiger partial charge is 0.449 e. The molecule has 0 spiro atoms. The van der Waals surface area contributed by atoms with Gasteiger partial charge in [-0.15, -0.1) is 11.3 Å². The minimum absolute atomic E-state index is 0.0826. The van der Waals surface area contributed by atoms with E-state index in [0.717, 1.165) is 11.3 Å². The van der Waals surface area contributed by atoms with Crippen molar-refractivity contribution in [3.63, 3.8) is 0 Å². The largest absolute Gasteiger partial charge is 0.511 e. The molecule has 7 heteroatoms. The fourth-order valence-corrected chi connectivity index (χ4v) is 2.93. The van der Waals surface area contributed by atoms with Crippen molar-refractivity contribution < 1.29 is 14.6 Å². The molecular formula is C13H10N2O4S. The number of ether oxygens (including phenoxy) is 1. The average molecular weight is 290 g/mol. The van der Waals surface area contributed by atoms with Gasteiger partial charge in [-0.3, -0.25) is 9.20 Å². The Morgan fingerprint density at radius 2 is 2.30 bits per heavy atom. The quantitative estimate of drug-likeness (QED) is 0.733. The molecule has 0 amide bonds. The summed E-state index contributed by atoms with van der Waals surface area (Å²) in [6.07, 6.45) is 0.756. The Bertz CT molecular complexity index is 881. The first kappa shape index (κ1) is 12.6. The van der Waals surface area contributed by atoms with Crippen LogP contribution in [0.1, 0.15) is 11.8 Å². The third-order valence-electron chi connectivity index (χ3n) is 2.88. The number of aryl methyl sites for hydroxylation is 1. The maximum Gasteiger partial charge on any atom is 0.511 e. The van der Waals surface area contributed by atoms with Gasteiger partial charge >= 0.3 is 6.16 Å². The van der Waals surface area contributed by atoms with E-state index in [2.05, 4.69) is 9.72 Å². The number of pyridine rings is 1. The third kappa shape index (κ3) is 2.01. The van der Waals surface area contributed by atoms with Gasteiger partial charge in [0, 0.05) is 4.88 Å². The van der Waals surface area contributed by atoms with Crippen LogP contribution in [0, 0.1) is 0 Å². The predicted octanol–water partition coefficient (Wildman–Crippen LogP) is 2.53. The Labute approximate surface area is 116 Å². The first-order valence-electron chi connectivity index (χ1n) is 5.94. The van der Waals surface area contributed by atoms with Crippen LogP contribution in [0.2, 0.25) is 0 Å². The van der Waals surface area contributed by atoms with E-state index in [1.807, 2.05) is 13.0 Å². The molecule has 0 unspecified atom stereocenters. The maximum absolute atomic E-state index is 12.4. The van der Waals surface area contributed by atoms with Crippen molar-refractivity contribution in [2.24, 2.45) is 0 Å². The highest BCUT2D eigenvalue weighted by atomic mass is 32.1. The Hall–Kier alpha value is -2.41. The number of aromatic nitrogens is 2. The summed E-state index contributed by atoms with van der Waals surface area (Å²) >= 11 is 1.49. The average Bonchev–Trinajstić information content (AvgIpc) is 2.82. The van der Waals surface area contributed by atoms with Gasteiger partial charge in [-0.25, -0.2) is 9.78 Å². The second-order valence-electron chi connectivity index (χ2n) is 4.16. The summed E-state index contributed by atoms with van der Waals surface area (Å²) in [6, 6.07) is 4.85. The number of thiophene rings is 1. The predicted molar refractivity (Wildman–Crippen MR) is 74.9 cm³/mol. The standard InChI is InChI=1S/C13H10N2O4S/c1-2-8-5-9-11(20-8)14-10-4-3-7(19-13(17)18)6-15(10)12(9)16/h3-6H,2H2,1H3,(H,17,18). The number of carboxylic acid groups (broad SMARTS) is 1. The van der Waals surface area contributed by atoms with Crippen molar-refractivity contribution in [2.75, 3.05) is 0 Å². The van der Waals surface area contributed by atoms with Crippen LogP contribution in [0.4, 0.5) is 4.79 Å². The highest BCUT2D eigenvalue weighted by molar-refractivity contribution is 7.18. The number of hydrogen-bond donors (Lipinski definition) is 1. The SMILES string of the molecule is CCc1cc2c(=O)n3cc(OC(=O)O)ccc3nc2s1. The molecule has 0 saturated carbocycles. The van der Waals surface area contributed by atoms with E-state index in [9.17, 15) is 9.59 Å². The van der Waals surface area contributed by atoms with E-state index in [1.54, 1.807) is 6.07 Å². The van der Waals surface area contributed by atoms with E-state index in [-0.39, 0.29) is 11.3 Å². The minimum atomic E-state index is -1.42. The van der Waals surface area contributed by atoms with Gasteiger partial charge < -0.3 is 9.84 Å². The monoisotopic (exact) mass is 290 g/mol. The van der Waals surface area contributed by atoms with Gasteiger partial charge in [0.05, 0.1) is 11.6 Å². The fourth-order valence-electron chi connectivity index (χ4n) is 1.96. The van der Waals surface area contributed by atoms with Gasteiger partial charge in [0.25, 0.3) is 5.56 Å². The van der Waals surface area contributed by atoms with Gasteiger partial charge in [0.1, 0.15) is 10.5 Å². The maximum atomic E-state index is 12.4. The van der Waals surface area contributed by atoms with Crippen molar-refractivity contribution in [1.29, 1.82) is 0 Å². The molecule has 0 aliphatic rings. The molecule has 1 N–H and O–H groups in total. The number of fused-ring (bicyclic) bond motifs is 2. The molecular weight excluding hydrogens is 280 g/mol. The van der Waals surface area contributed by atoms with Crippen molar-refractivity contribution in [3.8, 4) is 5.75 Å². The molecule has 0 saturated heterocycles. The molecule has 3 aromatic rings. The topological polar surface area (TPSA) is 80.9 Å². The molecule has 0 radical (unpaired) electrons. The Balaban J connectivity index is 2.28. The fraction of sp³-hybridized carbons (Fsp3) is 0.154. The Morgan fingerprint density at radius 1 is 1.50 bits per heavy atom. The summed E-state index contributed by atoms with van der Waals surface area (Å²) in [5.41, 5.74) is 0.238. The summed E-state index contributed by atoms with van der Waals surface area (Å²) in [4.78, 5) is 29.1. The molecule has 0 atom stereocenters. The van der Waals surface area contributed by atoms with Crippen molar-refractivity contribution in [1.82, 2.24) is 9.38 Å². The zero-order chi connectivity index (χ0) is 14.3. The lowest BCUT2D eigenvalue weighted by molar-refractivity contribution is 0.144. The summed E-state index contributed by atoms with van der Waals surface area (Å²) in [5, 5.41) is 9.13. The lowest BCUT2D eigenvalue weighted by Crippen LogP contribution is -2.15. The lowest BCUT2D eigenvalue weighted by atomic mass is 10.3. The molecule has 6 nitrogen and oxygen atoms in total. The van der Waals surface area contributed by atoms with E-state index in [0.29, 0.717) is 15.9 Å². The van der Waals surface area contributed by atoms with Crippen molar-refractivity contribution in [2.45, 2.75) is 13.3 Å². The first-order valence-corrected chi connectivity index (χ1v) is 6.75. The summed E-state index contributed by atoms with van der Waals surface area (Å²) in [6.45, 7) is 2.01. The zero-order valence-electron chi connectivity index (χ0n) is 10.5. The molecule has 0 bridgehead atoms. The van der Waals surface area contributed by atoms with Crippen LogP contribution in [-0.2, 0) is 6.42 Å². The summed E-state index contributed by atoms with van der Waals surface area (Å²) in [5.74, 6) is 0.0826. The normalized spacial score (nSPS) is 11.1. The minimum Gasteiger partial charge on any atom is -0.449 e. The van der Waals surface area contributed by atoms with Gasteiger partial charge in [-0.05, 0) is 24.6 Å². The van der Waals surface area contributed by atoms with Crippen molar-refractivity contribution in [3.05, 3.63) is 39.6 Å². The summed E-state index contributed by atoms with van der Waals surface area (Å²) in [7, 11) is 0. The van der Waals surface area contributed by atoms with E-state index in [1.165, 1.54) is 28.0 Å². The molecule has 20 heavy (non-hydrogen) atoms. The molecule has 3 rings (SSSR count). The number of hydrogen-bond acceptors (Lipinski definition) is 5. The van der Waals surface area contributed by atoms with Crippen LogP contribution >= 0.6 is 11.3 Å².